The topological polar surface area (TPSA) is 24.9 Å². The van der Waals surface area contributed by atoms with E-state index in [4.69, 9.17) is 0 Å². The lowest BCUT2D eigenvalue weighted by molar-refractivity contribution is 0.927. The molecule has 0 saturated carbocycles. The molecule has 4 rings (SSSR count). The van der Waals surface area contributed by atoms with E-state index in [1.807, 2.05) is 19.2 Å². The van der Waals surface area contributed by atoms with Gasteiger partial charge in [-0.2, -0.15) is 0 Å². The number of aryl methyl sites for hydroxylation is 3. The highest BCUT2D eigenvalue weighted by atomic mass is 14.9. The van der Waals surface area contributed by atoms with Gasteiger partial charge in [0.15, 0.2) is 0 Å². The van der Waals surface area contributed by atoms with Crippen LogP contribution >= 0.6 is 0 Å². The van der Waals surface area contributed by atoms with E-state index in [-0.39, 0.29) is 6.04 Å². The zero-order valence-corrected chi connectivity index (χ0v) is 13.3. The number of hydrogen-bond acceptors (Lipinski definition) is 2. The van der Waals surface area contributed by atoms with Gasteiger partial charge in [0, 0.05) is 17.6 Å². The number of fused-ring (bicyclic) bond motifs is 2. The van der Waals surface area contributed by atoms with Crippen molar-refractivity contribution in [1.29, 1.82) is 0 Å². The summed E-state index contributed by atoms with van der Waals surface area (Å²) in [7, 11) is 0. The van der Waals surface area contributed by atoms with Crippen molar-refractivity contribution in [3.8, 4) is 0 Å². The van der Waals surface area contributed by atoms with Crippen LogP contribution in [0.15, 0.2) is 66.9 Å². The summed E-state index contributed by atoms with van der Waals surface area (Å²) < 4.78 is 0. The molecule has 0 bridgehead atoms. The molecule has 1 aliphatic carbocycles. The van der Waals surface area contributed by atoms with E-state index in [2.05, 4.69) is 64.9 Å². The third-order valence-corrected chi connectivity index (χ3v) is 4.60. The molecule has 0 spiro atoms. The minimum absolute atomic E-state index is 0.187. The molecule has 114 valence electrons. The Morgan fingerprint density at radius 2 is 1.48 bits per heavy atom. The van der Waals surface area contributed by atoms with Crippen molar-refractivity contribution in [3.63, 3.8) is 0 Å². The maximum Gasteiger partial charge on any atom is 0.0772 e. The highest BCUT2D eigenvalue weighted by Crippen LogP contribution is 2.34. The lowest BCUT2D eigenvalue weighted by Gasteiger charge is -2.23. The fourth-order valence-corrected chi connectivity index (χ4v) is 3.48. The number of nitrogens with one attached hydrogen (secondary N) is 1. The van der Waals surface area contributed by atoms with Crippen LogP contribution in [0.4, 0.5) is 5.69 Å². The largest absolute Gasteiger partial charge is 0.374 e. The van der Waals surface area contributed by atoms with Crippen LogP contribution in [-0.4, -0.2) is 4.98 Å². The van der Waals surface area contributed by atoms with Crippen LogP contribution < -0.4 is 5.32 Å². The summed E-state index contributed by atoms with van der Waals surface area (Å²) >= 11 is 0. The Morgan fingerprint density at radius 3 is 2.09 bits per heavy atom. The third-order valence-electron chi connectivity index (χ3n) is 4.60. The SMILES string of the molecule is Cc1cc(NC2c3ccccc3CCc3ccccc32)ccn1. The molecular weight excluding hydrogens is 280 g/mol. The summed E-state index contributed by atoms with van der Waals surface area (Å²) in [5.74, 6) is 0. The van der Waals surface area contributed by atoms with Crippen molar-refractivity contribution in [3.05, 3.63) is 94.8 Å². The number of rotatable bonds is 2. The highest BCUT2D eigenvalue weighted by Gasteiger charge is 2.23. The molecule has 0 fully saturated rings. The highest BCUT2D eigenvalue weighted by molar-refractivity contribution is 5.53. The molecule has 1 N–H and O–H groups in total. The molecule has 0 aliphatic heterocycles. The lowest BCUT2D eigenvalue weighted by Crippen LogP contribution is -2.14. The Balaban J connectivity index is 1.83. The number of pyridine rings is 1. The van der Waals surface area contributed by atoms with Crippen molar-refractivity contribution in [1.82, 2.24) is 4.98 Å². The summed E-state index contributed by atoms with van der Waals surface area (Å²) in [6, 6.07) is 21.9. The first-order valence-electron chi connectivity index (χ1n) is 8.16. The Bertz CT molecular complexity index is 791. The first-order chi connectivity index (χ1) is 11.3. The maximum absolute atomic E-state index is 4.30. The molecule has 0 radical (unpaired) electrons. The average molecular weight is 300 g/mol. The van der Waals surface area contributed by atoms with Crippen LogP contribution in [0.3, 0.4) is 0 Å². The van der Waals surface area contributed by atoms with Crippen molar-refractivity contribution in [2.75, 3.05) is 5.32 Å². The quantitative estimate of drug-likeness (QED) is 0.742. The number of benzene rings is 2. The smallest absolute Gasteiger partial charge is 0.0772 e. The molecular formula is C21H20N2. The van der Waals surface area contributed by atoms with Crippen LogP contribution in [0.25, 0.3) is 0 Å². The number of hydrogen-bond donors (Lipinski definition) is 1. The van der Waals surface area contributed by atoms with Crippen molar-refractivity contribution < 1.29 is 0 Å². The Labute approximate surface area is 137 Å². The summed E-state index contributed by atoms with van der Waals surface area (Å²) in [5.41, 5.74) is 7.79. The second-order valence-corrected chi connectivity index (χ2v) is 6.16. The Hall–Kier alpha value is -2.61. The van der Waals surface area contributed by atoms with E-state index in [1.54, 1.807) is 0 Å². The fraction of sp³-hybridized carbons (Fsp3) is 0.190. The zero-order chi connectivity index (χ0) is 15.6. The first kappa shape index (κ1) is 14.0. The third kappa shape index (κ3) is 2.72. The van der Waals surface area contributed by atoms with Crippen LogP contribution in [0, 0.1) is 6.92 Å². The van der Waals surface area contributed by atoms with Gasteiger partial charge in [-0.3, -0.25) is 4.98 Å². The molecule has 2 heteroatoms. The minimum Gasteiger partial charge on any atom is -0.374 e. The van der Waals surface area contributed by atoms with E-state index in [1.165, 1.54) is 22.3 Å². The lowest BCUT2D eigenvalue weighted by atomic mass is 9.94. The van der Waals surface area contributed by atoms with E-state index < -0.39 is 0 Å². The van der Waals surface area contributed by atoms with Crippen LogP contribution in [0.2, 0.25) is 0 Å². The van der Waals surface area contributed by atoms with Gasteiger partial charge in [0.2, 0.25) is 0 Å². The number of nitrogens with zero attached hydrogens (tertiary/aromatic N) is 1. The van der Waals surface area contributed by atoms with Gasteiger partial charge in [-0.25, -0.2) is 0 Å². The van der Waals surface area contributed by atoms with Gasteiger partial charge in [-0.1, -0.05) is 48.5 Å². The molecule has 0 atom stereocenters. The molecule has 1 aromatic heterocycles. The van der Waals surface area contributed by atoms with Gasteiger partial charge < -0.3 is 5.32 Å². The van der Waals surface area contributed by atoms with E-state index in [9.17, 15) is 0 Å². The summed E-state index contributed by atoms with van der Waals surface area (Å²) in [5, 5.41) is 3.73. The fourth-order valence-electron chi connectivity index (χ4n) is 3.48. The standard InChI is InChI=1S/C21H20N2/c1-15-14-18(12-13-22-15)23-21-19-8-4-2-6-16(19)10-11-17-7-3-5-9-20(17)21/h2-9,12-14,21H,10-11H2,1H3,(H,22,23). The maximum atomic E-state index is 4.30. The second kappa shape index (κ2) is 5.88. The van der Waals surface area contributed by atoms with Gasteiger partial charge >= 0.3 is 0 Å². The van der Waals surface area contributed by atoms with Crippen LogP contribution in [0.5, 0.6) is 0 Å². The second-order valence-electron chi connectivity index (χ2n) is 6.16. The number of aromatic nitrogens is 1. The van der Waals surface area contributed by atoms with Gasteiger partial charge in [0.05, 0.1) is 6.04 Å². The molecule has 2 aromatic carbocycles. The van der Waals surface area contributed by atoms with E-state index in [0.717, 1.165) is 24.2 Å². The molecule has 2 nitrogen and oxygen atoms in total. The number of anilines is 1. The van der Waals surface area contributed by atoms with Crippen molar-refractivity contribution in [2.24, 2.45) is 0 Å². The monoisotopic (exact) mass is 300 g/mol. The van der Waals surface area contributed by atoms with Crippen molar-refractivity contribution in [2.45, 2.75) is 25.8 Å². The normalized spacial score (nSPS) is 13.8. The van der Waals surface area contributed by atoms with Gasteiger partial charge in [0.1, 0.15) is 0 Å². The predicted octanol–water partition coefficient (Wildman–Crippen LogP) is 4.69. The van der Waals surface area contributed by atoms with E-state index >= 15 is 0 Å². The molecule has 0 unspecified atom stereocenters. The summed E-state index contributed by atoms with van der Waals surface area (Å²) in [6.07, 6.45) is 4.06. The first-order valence-corrected chi connectivity index (χ1v) is 8.16. The van der Waals surface area contributed by atoms with Gasteiger partial charge in [-0.05, 0) is 54.2 Å². The zero-order valence-electron chi connectivity index (χ0n) is 13.3. The van der Waals surface area contributed by atoms with Crippen LogP contribution in [0.1, 0.15) is 34.0 Å². The Kier molecular flexibility index (Phi) is 3.58. The average Bonchev–Trinajstić information content (AvgIpc) is 2.73. The van der Waals surface area contributed by atoms with Crippen LogP contribution in [-0.2, 0) is 12.8 Å². The molecule has 0 saturated heterocycles. The molecule has 23 heavy (non-hydrogen) atoms. The summed E-state index contributed by atoms with van der Waals surface area (Å²) in [4.78, 5) is 4.30. The van der Waals surface area contributed by atoms with Gasteiger partial charge in [0.25, 0.3) is 0 Å². The molecule has 1 aliphatic rings. The molecule has 3 aromatic rings. The van der Waals surface area contributed by atoms with Gasteiger partial charge in [-0.15, -0.1) is 0 Å². The van der Waals surface area contributed by atoms with E-state index in [0.29, 0.717) is 0 Å². The predicted molar refractivity (Wildman–Crippen MR) is 94.7 cm³/mol. The van der Waals surface area contributed by atoms with Crippen molar-refractivity contribution >= 4 is 5.69 Å². The Morgan fingerprint density at radius 1 is 0.870 bits per heavy atom. The molecule has 0 amide bonds. The minimum atomic E-state index is 0.187. The summed E-state index contributed by atoms with van der Waals surface area (Å²) in [6.45, 7) is 2.03. The molecule has 1 heterocycles.